The second-order valence-electron chi connectivity index (χ2n) is 11.1. The Bertz CT molecular complexity index is 1810. The lowest BCUT2D eigenvalue weighted by atomic mass is 10.1. The van der Waals surface area contributed by atoms with Gasteiger partial charge in [0.05, 0.1) is 41.6 Å². The molecule has 11 nitrogen and oxygen atoms in total. The molecule has 3 heterocycles. The Hall–Kier alpha value is -5.16. The fourth-order valence-corrected chi connectivity index (χ4v) is 5.23. The van der Waals surface area contributed by atoms with Crippen LogP contribution in [0, 0.1) is 0 Å². The summed E-state index contributed by atoms with van der Waals surface area (Å²) in [5.74, 6) is 1.04. The van der Waals surface area contributed by atoms with E-state index in [1.54, 1.807) is 25.8 Å². The van der Waals surface area contributed by atoms with Crippen LogP contribution in [0.3, 0.4) is 0 Å². The number of likely N-dealkylation sites (N-methyl/N-ethyl adjacent to an activating group) is 2. The van der Waals surface area contributed by atoms with Gasteiger partial charge in [-0.15, -0.1) is 0 Å². The van der Waals surface area contributed by atoms with Gasteiger partial charge in [-0.05, 0) is 45.1 Å². The smallest absolute Gasteiger partial charge is 0.247 e. The number of hydrogen-bond acceptors (Lipinski definition) is 9. The van der Waals surface area contributed by atoms with E-state index in [-0.39, 0.29) is 5.91 Å². The van der Waals surface area contributed by atoms with Crippen LogP contribution in [0.2, 0.25) is 0 Å². The summed E-state index contributed by atoms with van der Waals surface area (Å²) < 4.78 is 13.8. The van der Waals surface area contributed by atoms with Gasteiger partial charge in [0.25, 0.3) is 0 Å². The van der Waals surface area contributed by atoms with E-state index in [0.29, 0.717) is 46.3 Å². The normalized spacial score (nSPS) is 12.8. The molecule has 1 aliphatic carbocycles. The predicted octanol–water partition coefficient (Wildman–Crippen LogP) is 5.96. The lowest BCUT2D eigenvalue weighted by molar-refractivity contribution is -0.111. The zero-order valence-corrected chi connectivity index (χ0v) is 25.4. The highest BCUT2D eigenvalue weighted by Gasteiger charge is 2.28. The van der Waals surface area contributed by atoms with Crippen LogP contribution < -0.4 is 20.3 Å². The Kier molecular flexibility index (Phi) is 8.03. The Morgan fingerprint density at radius 3 is 2.66 bits per heavy atom. The number of amides is 1. The number of carbonyl (C=O) groups excluding carboxylic acids is 1. The molecule has 1 saturated carbocycles. The van der Waals surface area contributed by atoms with Crippen molar-refractivity contribution in [2.75, 3.05) is 56.9 Å². The molecule has 0 saturated heterocycles. The Morgan fingerprint density at radius 1 is 1.14 bits per heavy atom. The van der Waals surface area contributed by atoms with Gasteiger partial charge in [-0.1, -0.05) is 24.8 Å². The molecule has 1 fully saturated rings. The fraction of sp³-hybridized carbons (Fsp3) is 0.273. The molecule has 1 aliphatic rings. The van der Waals surface area contributed by atoms with Crippen LogP contribution in [-0.2, 0) is 4.79 Å². The predicted molar refractivity (Wildman–Crippen MR) is 174 cm³/mol. The van der Waals surface area contributed by atoms with Crippen molar-refractivity contribution in [3.05, 3.63) is 73.9 Å². The maximum Gasteiger partial charge on any atom is 0.247 e. The zero-order chi connectivity index (χ0) is 30.8. The minimum absolute atomic E-state index is 0.315. The monoisotopic (exact) mass is 592 g/mol. The summed E-state index contributed by atoms with van der Waals surface area (Å²) in [7, 11) is 7.63. The van der Waals surface area contributed by atoms with E-state index in [4.69, 9.17) is 14.1 Å². The quantitative estimate of drug-likeness (QED) is 0.169. The number of anilines is 4. The van der Waals surface area contributed by atoms with E-state index in [0.717, 1.165) is 48.1 Å². The molecule has 0 atom stereocenters. The molecule has 2 N–H and O–H groups in total. The van der Waals surface area contributed by atoms with Gasteiger partial charge >= 0.3 is 0 Å². The van der Waals surface area contributed by atoms with Crippen molar-refractivity contribution in [1.82, 2.24) is 24.4 Å². The lowest BCUT2D eigenvalue weighted by Crippen LogP contribution is -2.29. The topological polar surface area (TPSA) is 114 Å². The average molecular weight is 593 g/mol. The summed E-state index contributed by atoms with van der Waals surface area (Å²) in [4.78, 5) is 30.6. The largest absolute Gasteiger partial charge is 0.494 e. The van der Waals surface area contributed by atoms with E-state index in [9.17, 15) is 4.79 Å². The van der Waals surface area contributed by atoms with Crippen LogP contribution in [-0.4, -0.2) is 71.7 Å². The number of nitrogens with zero attached hydrogens (tertiary/aromatic N) is 6. The number of fused-ring (bicyclic) bond motifs is 1. The van der Waals surface area contributed by atoms with Gasteiger partial charge in [0.2, 0.25) is 17.7 Å². The van der Waals surface area contributed by atoms with Gasteiger partial charge in [0.15, 0.2) is 0 Å². The molecule has 3 aromatic heterocycles. The number of ether oxygens (including phenoxy) is 1. The van der Waals surface area contributed by atoms with Crippen molar-refractivity contribution < 1.29 is 13.9 Å². The SMILES string of the molecule is C=CC(=O)Nc1cc(Nc2ncc(-c3ncco3)c(-c3cn(C4CC4)c4ccccc34)n2)c(OC)cc1N(C)CCN(C)C. The number of rotatable bonds is 12. The molecule has 0 spiro atoms. The van der Waals surface area contributed by atoms with Crippen LogP contribution in [0.15, 0.2) is 78.3 Å². The summed E-state index contributed by atoms with van der Waals surface area (Å²) in [6, 6.07) is 12.6. The molecular formula is C33H36N8O3. The number of nitrogens with one attached hydrogen (secondary N) is 2. The third kappa shape index (κ3) is 5.86. The van der Waals surface area contributed by atoms with Crippen molar-refractivity contribution in [1.29, 1.82) is 0 Å². The van der Waals surface area contributed by atoms with Gasteiger partial charge in [-0.3, -0.25) is 4.79 Å². The van der Waals surface area contributed by atoms with E-state index in [2.05, 4.69) is 65.9 Å². The van der Waals surface area contributed by atoms with Gasteiger partial charge in [0.1, 0.15) is 12.0 Å². The molecule has 0 bridgehead atoms. The average Bonchev–Trinajstić information content (AvgIpc) is 3.58. The van der Waals surface area contributed by atoms with Crippen LogP contribution in [0.1, 0.15) is 18.9 Å². The molecular weight excluding hydrogens is 556 g/mol. The second-order valence-corrected chi connectivity index (χ2v) is 11.1. The van der Waals surface area contributed by atoms with Crippen molar-refractivity contribution in [3.8, 4) is 28.5 Å². The van der Waals surface area contributed by atoms with E-state index < -0.39 is 0 Å². The summed E-state index contributed by atoms with van der Waals surface area (Å²) in [6.07, 6.45) is 10.6. The summed E-state index contributed by atoms with van der Waals surface area (Å²) in [5.41, 5.74) is 5.50. The molecule has 1 amide bonds. The summed E-state index contributed by atoms with van der Waals surface area (Å²) in [5, 5.41) is 7.37. The number of para-hydroxylation sites is 1. The van der Waals surface area contributed by atoms with Crippen LogP contribution in [0.25, 0.3) is 33.6 Å². The minimum atomic E-state index is -0.315. The molecule has 2 aromatic carbocycles. The van der Waals surface area contributed by atoms with Crippen molar-refractivity contribution in [2.24, 2.45) is 0 Å². The number of benzene rings is 2. The van der Waals surface area contributed by atoms with Crippen molar-refractivity contribution in [3.63, 3.8) is 0 Å². The number of hydrogen-bond donors (Lipinski definition) is 2. The molecule has 0 radical (unpaired) electrons. The second kappa shape index (κ2) is 12.2. The molecule has 44 heavy (non-hydrogen) atoms. The fourth-order valence-electron chi connectivity index (χ4n) is 5.23. The summed E-state index contributed by atoms with van der Waals surface area (Å²) >= 11 is 0. The Labute approximate surface area is 256 Å². The Balaban J connectivity index is 1.44. The molecule has 6 rings (SSSR count). The van der Waals surface area contributed by atoms with Gasteiger partial charge < -0.3 is 34.2 Å². The van der Waals surface area contributed by atoms with E-state index in [1.165, 1.54) is 6.08 Å². The van der Waals surface area contributed by atoms with Gasteiger partial charge in [-0.2, -0.15) is 0 Å². The standard InChI is InChI=1S/C33H36N8O3/c1-6-30(42)36-25-17-26(29(43-5)18-28(25)40(4)15-14-39(2)3)37-33-35-19-23(32-34-13-16-44-32)31(38-33)24-20-41(21-11-12-21)27-10-8-7-9-22(24)27/h6-10,13,16-21H,1,11-12,14-15H2,2-5H3,(H,36,42)(H,35,37,38). The maximum atomic E-state index is 12.4. The summed E-state index contributed by atoms with van der Waals surface area (Å²) in [6.45, 7) is 5.18. The maximum absolute atomic E-state index is 12.4. The van der Waals surface area contributed by atoms with Gasteiger partial charge in [0, 0.05) is 61.1 Å². The first kappa shape index (κ1) is 28.9. The van der Waals surface area contributed by atoms with E-state index >= 15 is 0 Å². The molecule has 0 unspecified atom stereocenters. The number of carbonyl (C=O) groups is 1. The zero-order valence-electron chi connectivity index (χ0n) is 25.4. The first-order chi connectivity index (χ1) is 21.4. The number of methoxy groups -OCH3 is 1. The van der Waals surface area contributed by atoms with Gasteiger partial charge in [-0.25, -0.2) is 15.0 Å². The van der Waals surface area contributed by atoms with Crippen LogP contribution in [0.4, 0.5) is 23.0 Å². The van der Waals surface area contributed by atoms with Crippen molar-refractivity contribution in [2.45, 2.75) is 18.9 Å². The molecule has 0 aliphatic heterocycles. The lowest BCUT2D eigenvalue weighted by Gasteiger charge is -2.26. The van der Waals surface area contributed by atoms with Crippen molar-refractivity contribution >= 4 is 39.8 Å². The highest BCUT2D eigenvalue weighted by Crippen LogP contribution is 2.43. The first-order valence-electron chi connectivity index (χ1n) is 14.5. The first-order valence-corrected chi connectivity index (χ1v) is 14.5. The van der Waals surface area contributed by atoms with Crippen LogP contribution in [0.5, 0.6) is 5.75 Å². The highest BCUT2D eigenvalue weighted by atomic mass is 16.5. The molecule has 5 aromatic rings. The third-order valence-corrected chi connectivity index (χ3v) is 7.69. The highest BCUT2D eigenvalue weighted by molar-refractivity contribution is 6.02. The number of aromatic nitrogens is 4. The molecule has 11 heteroatoms. The Morgan fingerprint density at radius 2 is 1.95 bits per heavy atom. The number of oxazole rings is 1. The van der Waals surface area contributed by atoms with Crippen LogP contribution >= 0.6 is 0 Å². The van der Waals surface area contributed by atoms with E-state index in [1.807, 2.05) is 39.3 Å². The third-order valence-electron chi connectivity index (χ3n) is 7.69. The molecule has 226 valence electrons. The minimum Gasteiger partial charge on any atom is -0.494 e.